The summed E-state index contributed by atoms with van der Waals surface area (Å²) in [6, 6.07) is 4.07. The molecule has 2 aromatic rings. The van der Waals surface area contributed by atoms with Crippen LogP contribution in [0.25, 0.3) is 11.0 Å². The number of carbonyl (C=O) groups is 1. The quantitative estimate of drug-likeness (QED) is 0.930. The van der Waals surface area contributed by atoms with Gasteiger partial charge < -0.3 is 9.67 Å². The summed E-state index contributed by atoms with van der Waals surface area (Å²) in [6.45, 7) is 11.6. The molecule has 0 aliphatic heterocycles. The van der Waals surface area contributed by atoms with Gasteiger partial charge in [0.05, 0.1) is 11.0 Å². The molecule has 0 saturated heterocycles. The van der Waals surface area contributed by atoms with E-state index in [1.54, 1.807) is 13.8 Å². The van der Waals surface area contributed by atoms with Crippen LogP contribution in [0.3, 0.4) is 0 Å². The topological polar surface area (TPSA) is 55.1 Å². The predicted octanol–water partition coefficient (Wildman–Crippen LogP) is 3.60. The van der Waals surface area contributed by atoms with E-state index in [0.717, 1.165) is 22.4 Å². The Morgan fingerprint density at radius 3 is 2.30 bits per heavy atom. The maximum absolute atomic E-state index is 11.6. The van der Waals surface area contributed by atoms with Crippen LogP contribution in [0, 0.1) is 13.8 Å². The van der Waals surface area contributed by atoms with E-state index in [1.165, 1.54) is 5.56 Å². The van der Waals surface area contributed by atoms with Gasteiger partial charge in [0.15, 0.2) is 0 Å². The number of nitrogens with zero attached hydrogens (tertiary/aromatic N) is 2. The molecular weight excluding hydrogens is 252 g/mol. The summed E-state index contributed by atoms with van der Waals surface area (Å²) in [5.41, 5.74) is 3.06. The molecule has 4 nitrogen and oxygen atoms in total. The first-order valence-corrected chi connectivity index (χ1v) is 6.89. The number of carboxylic acids is 1. The minimum Gasteiger partial charge on any atom is -0.480 e. The van der Waals surface area contributed by atoms with Crippen molar-refractivity contribution in [2.75, 3.05) is 0 Å². The van der Waals surface area contributed by atoms with Crippen molar-refractivity contribution in [2.24, 2.45) is 0 Å². The molecule has 1 aromatic heterocycles. The SMILES string of the molecule is Cc1cc2nc(C(C)C)n(C(C)(C)C(=O)O)c2cc1C. The molecule has 0 spiro atoms. The Balaban J connectivity index is 2.89. The van der Waals surface area contributed by atoms with Crippen molar-refractivity contribution in [3.63, 3.8) is 0 Å². The predicted molar refractivity (Wildman–Crippen MR) is 80.3 cm³/mol. The van der Waals surface area contributed by atoms with Gasteiger partial charge in [0.2, 0.25) is 0 Å². The zero-order valence-corrected chi connectivity index (χ0v) is 13.0. The average molecular weight is 274 g/mol. The lowest BCUT2D eigenvalue weighted by atomic mass is 10.0. The van der Waals surface area contributed by atoms with E-state index >= 15 is 0 Å². The van der Waals surface area contributed by atoms with Crippen molar-refractivity contribution in [2.45, 2.75) is 53.0 Å². The van der Waals surface area contributed by atoms with Crippen molar-refractivity contribution in [1.82, 2.24) is 9.55 Å². The Kier molecular flexibility index (Phi) is 3.36. The molecule has 108 valence electrons. The van der Waals surface area contributed by atoms with E-state index in [9.17, 15) is 9.90 Å². The van der Waals surface area contributed by atoms with Gasteiger partial charge in [-0.05, 0) is 51.0 Å². The van der Waals surface area contributed by atoms with Crippen LogP contribution < -0.4 is 0 Å². The maximum atomic E-state index is 11.6. The Hall–Kier alpha value is -1.84. The molecule has 0 aliphatic rings. The molecule has 0 amide bonds. The third kappa shape index (κ3) is 2.09. The van der Waals surface area contributed by atoms with Gasteiger partial charge in [-0.15, -0.1) is 0 Å². The van der Waals surface area contributed by atoms with Crippen LogP contribution in [-0.2, 0) is 10.3 Å². The first-order valence-electron chi connectivity index (χ1n) is 6.89. The highest BCUT2D eigenvalue weighted by Crippen LogP contribution is 2.31. The van der Waals surface area contributed by atoms with Crippen LogP contribution in [-0.4, -0.2) is 20.6 Å². The molecule has 0 aliphatic carbocycles. The maximum Gasteiger partial charge on any atom is 0.329 e. The fourth-order valence-electron chi connectivity index (χ4n) is 2.42. The average Bonchev–Trinajstić information content (AvgIpc) is 2.68. The number of benzene rings is 1. The van der Waals surface area contributed by atoms with Crippen LogP contribution in [0.4, 0.5) is 0 Å². The number of fused-ring (bicyclic) bond motifs is 1. The monoisotopic (exact) mass is 274 g/mol. The van der Waals surface area contributed by atoms with Crippen molar-refractivity contribution < 1.29 is 9.90 Å². The molecule has 2 rings (SSSR count). The molecule has 0 fully saturated rings. The minimum atomic E-state index is -1.02. The van der Waals surface area contributed by atoms with Crippen LogP contribution in [0.15, 0.2) is 12.1 Å². The van der Waals surface area contributed by atoms with Gasteiger partial charge in [-0.2, -0.15) is 0 Å². The number of carboxylic acid groups (broad SMARTS) is 1. The molecule has 0 saturated carbocycles. The van der Waals surface area contributed by atoms with Crippen LogP contribution in [0.2, 0.25) is 0 Å². The van der Waals surface area contributed by atoms with Gasteiger partial charge in [-0.1, -0.05) is 13.8 Å². The van der Waals surface area contributed by atoms with E-state index < -0.39 is 11.5 Å². The summed E-state index contributed by atoms with van der Waals surface area (Å²) in [5.74, 6) is 0.135. The fraction of sp³-hybridized carbons (Fsp3) is 0.500. The molecule has 4 heteroatoms. The lowest BCUT2D eigenvalue weighted by molar-refractivity contribution is -0.145. The molecule has 0 bridgehead atoms. The van der Waals surface area contributed by atoms with E-state index in [4.69, 9.17) is 0 Å². The van der Waals surface area contributed by atoms with E-state index in [-0.39, 0.29) is 5.92 Å². The molecule has 1 aromatic carbocycles. The first-order chi connectivity index (χ1) is 9.16. The number of aryl methyl sites for hydroxylation is 2. The highest BCUT2D eigenvalue weighted by Gasteiger charge is 2.34. The Bertz CT molecular complexity index is 681. The first kappa shape index (κ1) is 14.6. The number of aliphatic carboxylic acids is 1. The summed E-state index contributed by atoms with van der Waals surface area (Å²) in [7, 11) is 0. The minimum absolute atomic E-state index is 0.168. The van der Waals surface area contributed by atoms with Gasteiger partial charge in [-0.25, -0.2) is 9.78 Å². The zero-order chi connectivity index (χ0) is 15.2. The van der Waals surface area contributed by atoms with E-state index in [0.29, 0.717) is 0 Å². The smallest absolute Gasteiger partial charge is 0.329 e. The second-order valence-electron chi connectivity index (χ2n) is 6.25. The number of hydrogen-bond acceptors (Lipinski definition) is 2. The molecule has 1 N–H and O–H groups in total. The third-order valence-electron chi connectivity index (χ3n) is 3.89. The Morgan fingerprint density at radius 2 is 1.80 bits per heavy atom. The summed E-state index contributed by atoms with van der Waals surface area (Å²) < 4.78 is 1.86. The highest BCUT2D eigenvalue weighted by molar-refractivity contribution is 5.83. The number of hydrogen-bond donors (Lipinski definition) is 1. The molecule has 1 heterocycles. The second-order valence-corrected chi connectivity index (χ2v) is 6.25. The molecule has 20 heavy (non-hydrogen) atoms. The van der Waals surface area contributed by atoms with Crippen molar-refractivity contribution in [3.05, 3.63) is 29.1 Å². The third-order valence-corrected chi connectivity index (χ3v) is 3.89. The summed E-state index contributed by atoms with van der Waals surface area (Å²) >= 11 is 0. The second kappa shape index (κ2) is 4.62. The summed E-state index contributed by atoms with van der Waals surface area (Å²) in [4.78, 5) is 16.3. The zero-order valence-electron chi connectivity index (χ0n) is 13.0. The van der Waals surface area contributed by atoms with Crippen LogP contribution >= 0.6 is 0 Å². The van der Waals surface area contributed by atoms with Crippen molar-refractivity contribution in [1.29, 1.82) is 0 Å². The largest absolute Gasteiger partial charge is 0.480 e. The standard InChI is InChI=1S/C16H22N2O2/c1-9(2)14-17-12-7-10(3)11(4)8-13(12)18(14)16(5,6)15(19)20/h7-9H,1-6H3,(H,19,20). The molecule has 0 unspecified atom stereocenters. The van der Waals surface area contributed by atoms with Gasteiger partial charge in [0.25, 0.3) is 0 Å². The van der Waals surface area contributed by atoms with Crippen LogP contribution in [0.1, 0.15) is 50.6 Å². The highest BCUT2D eigenvalue weighted by atomic mass is 16.4. The fourth-order valence-corrected chi connectivity index (χ4v) is 2.42. The van der Waals surface area contributed by atoms with Gasteiger partial charge in [0, 0.05) is 5.92 Å². The lowest BCUT2D eigenvalue weighted by Crippen LogP contribution is -2.37. The van der Waals surface area contributed by atoms with Gasteiger partial charge in [-0.3, -0.25) is 0 Å². The molecule has 0 radical (unpaired) electrons. The van der Waals surface area contributed by atoms with Gasteiger partial charge in [0.1, 0.15) is 11.4 Å². The van der Waals surface area contributed by atoms with E-state index in [2.05, 4.69) is 4.98 Å². The normalized spacial score (nSPS) is 12.3. The number of imidazole rings is 1. The molecular formula is C16H22N2O2. The lowest BCUT2D eigenvalue weighted by Gasteiger charge is -2.26. The van der Waals surface area contributed by atoms with Crippen molar-refractivity contribution >= 4 is 17.0 Å². The van der Waals surface area contributed by atoms with E-state index in [1.807, 2.05) is 44.4 Å². The summed E-state index contributed by atoms with van der Waals surface area (Å²) in [5, 5.41) is 9.55. The summed E-state index contributed by atoms with van der Waals surface area (Å²) in [6.07, 6.45) is 0. The Morgan fingerprint density at radius 1 is 1.25 bits per heavy atom. The number of rotatable bonds is 3. The van der Waals surface area contributed by atoms with Gasteiger partial charge >= 0.3 is 5.97 Å². The number of aromatic nitrogens is 2. The van der Waals surface area contributed by atoms with Crippen LogP contribution in [0.5, 0.6) is 0 Å². The Labute approximate surface area is 119 Å². The molecule has 0 atom stereocenters. The van der Waals surface area contributed by atoms with Crippen molar-refractivity contribution in [3.8, 4) is 0 Å².